The first kappa shape index (κ1) is 22.5. The van der Waals surface area contributed by atoms with Gasteiger partial charge in [-0.1, -0.05) is 41.4 Å². The van der Waals surface area contributed by atoms with Crippen molar-refractivity contribution >= 4 is 39.4 Å². The van der Waals surface area contributed by atoms with Crippen molar-refractivity contribution in [2.24, 2.45) is 5.10 Å². The van der Waals surface area contributed by atoms with Gasteiger partial charge in [-0.3, -0.25) is 14.1 Å². The predicted octanol–water partition coefficient (Wildman–Crippen LogP) is 3.70. The van der Waals surface area contributed by atoms with Crippen LogP contribution in [0.1, 0.15) is 16.8 Å². The zero-order chi connectivity index (χ0) is 22.4. The van der Waals surface area contributed by atoms with E-state index in [1.54, 1.807) is 61.7 Å². The number of halogens is 1. The molecule has 9 heteroatoms. The van der Waals surface area contributed by atoms with Crippen LogP contribution in [0.5, 0.6) is 0 Å². The molecule has 0 aliphatic rings. The van der Waals surface area contributed by atoms with Crippen molar-refractivity contribution in [3.63, 3.8) is 0 Å². The van der Waals surface area contributed by atoms with Crippen LogP contribution in [0.2, 0.25) is 5.02 Å². The van der Waals surface area contributed by atoms with Crippen LogP contribution in [0.4, 0.5) is 5.69 Å². The molecular formula is C22H21ClN4O3S. The van der Waals surface area contributed by atoms with Gasteiger partial charge in [0.15, 0.2) is 0 Å². The Kier molecular flexibility index (Phi) is 7.04. The van der Waals surface area contributed by atoms with E-state index in [1.807, 2.05) is 6.92 Å². The van der Waals surface area contributed by atoms with E-state index in [0.717, 1.165) is 9.87 Å². The number of hydrazone groups is 1. The average Bonchev–Trinajstić information content (AvgIpc) is 2.75. The monoisotopic (exact) mass is 456 g/mol. The molecule has 0 unspecified atom stereocenters. The van der Waals surface area contributed by atoms with Gasteiger partial charge in [-0.15, -0.1) is 0 Å². The highest BCUT2D eigenvalue weighted by molar-refractivity contribution is 7.92. The first-order valence-electron chi connectivity index (χ1n) is 9.36. The summed E-state index contributed by atoms with van der Waals surface area (Å²) in [5.41, 5.74) is 4.69. The molecule has 1 amide bonds. The fourth-order valence-electron chi connectivity index (χ4n) is 2.79. The SMILES string of the molecule is Cc1ccc(S(=O)(=O)N(CC(=O)N/N=C\c2ccccn2)c2cccc(Cl)c2C)cc1. The Balaban J connectivity index is 1.91. The van der Waals surface area contributed by atoms with Crippen molar-refractivity contribution < 1.29 is 13.2 Å². The molecule has 1 N–H and O–H groups in total. The van der Waals surface area contributed by atoms with Gasteiger partial charge < -0.3 is 0 Å². The molecule has 0 bridgehead atoms. The van der Waals surface area contributed by atoms with Gasteiger partial charge in [-0.2, -0.15) is 5.10 Å². The fourth-order valence-corrected chi connectivity index (χ4v) is 4.44. The minimum absolute atomic E-state index is 0.0715. The lowest BCUT2D eigenvalue weighted by Gasteiger charge is -2.25. The lowest BCUT2D eigenvalue weighted by Crippen LogP contribution is -2.40. The number of aryl methyl sites for hydroxylation is 1. The number of rotatable bonds is 7. The zero-order valence-electron chi connectivity index (χ0n) is 17.0. The van der Waals surface area contributed by atoms with Crippen LogP contribution in [0.15, 0.2) is 76.9 Å². The number of pyridine rings is 1. The maximum absolute atomic E-state index is 13.4. The summed E-state index contributed by atoms with van der Waals surface area (Å²) >= 11 is 6.21. The number of benzene rings is 2. The van der Waals surface area contributed by atoms with Gasteiger partial charge in [0.1, 0.15) is 6.54 Å². The summed E-state index contributed by atoms with van der Waals surface area (Å²) in [4.78, 5) is 16.7. The van der Waals surface area contributed by atoms with E-state index in [9.17, 15) is 13.2 Å². The van der Waals surface area contributed by atoms with Crippen LogP contribution < -0.4 is 9.73 Å². The molecule has 3 aromatic rings. The number of carbonyl (C=O) groups is 1. The maximum Gasteiger partial charge on any atom is 0.264 e. The van der Waals surface area contributed by atoms with Crippen molar-refractivity contribution in [3.8, 4) is 0 Å². The molecule has 0 spiro atoms. The Hall–Kier alpha value is -3.23. The first-order valence-corrected chi connectivity index (χ1v) is 11.2. The van der Waals surface area contributed by atoms with Crippen molar-refractivity contribution in [3.05, 3.63) is 88.7 Å². The number of aromatic nitrogens is 1. The lowest BCUT2D eigenvalue weighted by molar-refractivity contribution is -0.119. The summed E-state index contributed by atoms with van der Waals surface area (Å²) in [6, 6.07) is 16.6. The third-order valence-corrected chi connectivity index (χ3v) is 6.66. The maximum atomic E-state index is 13.4. The smallest absolute Gasteiger partial charge is 0.264 e. The summed E-state index contributed by atoms with van der Waals surface area (Å²) in [7, 11) is -4.03. The molecule has 0 saturated heterocycles. The quantitative estimate of drug-likeness (QED) is 0.433. The molecule has 2 aromatic carbocycles. The van der Waals surface area contributed by atoms with Crippen LogP contribution in [0.25, 0.3) is 0 Å². The second kappa shape index (κ2) is 9.72. The van der Waals surface area contributed by atoms with Gasteiger partial charge in [0.2, 0.25) is 0 Å². The van der Waals surface area contributed by atoms with Crippen molar-refractivity contribution in [1.82, 2.24) is 10.4 Å². The van der Waals surface area contributed by atoms with Crippen LogP contribution in [-0.2, 0) is 14.8 Å². The Morgan fingerprint density at radius 3 is 2.52 bits per heavy atom. The fraction of sp³-hybridized carbons (Fsp3) is 0.136. The summed E-state index contributed by atoms with van der Waals surface area (Å²) < 4.78 is 27.8. The third-order valence-electron chi connectivity index (χ3n) is 4.48. The summed E-state index contributed by atoms with van der Waals surface area (Å²) in [5, 5.41) is 4.26. The number of sulfonamides is 1. The molecule has 0 aliphatic carbocycles. The highest BCUT2D eigenvalue weighted by Gasteiger charge is 2.28. The molecule has 3 rings (SSSR count). The molecule has 160 valence electrons. The Bertz CT molecular complexity index is 1200. The van der Waals surface area contributed by atoms with Crippen LogP contribution in [0, 0.1) is 13.8 Å². The van der Waals surface area contributed by atoms with Gasteiger partial charge in [0, 0.05) is 11.2 Å². The van der Waals surface area contributed by atoms with Crippen molar-refractivity contribution in [2.75, 3.05) is 10.8 Å². The highest BCUT2D eigenvalue weighted by Crippen LogP contribution is 2.30. The molecule has 0 atom stereocenters. The Morgan fingerprint density at radius 2 is 1.84 bits per heavy atom. The van der Waals surface area contributed by atoms with E-state index in [2.05, 4.69) is 15.5 Å². The van der Waals surface area contributed by atoms with Crippen molar-refractivity contribution in [1.29, 1.82) is 0 Å². The highest BCUT2D eigenvalue weighted by atomic mass is 35.5. The second-order valence-corrected chi connectivity index (χ2v) is 9.03. The standard InChI is InChI=1S/C22H21ClN4O3S/c1-16-9-11-19(12-10-16)31(29,30)27(21-8-5-7-20(23)17(21)2)15-22(28)26-25-14-18-6-3-4-13-24-18/h3-14H,15H2,1-2H3,(H,26,28)/b25-14-. The summed E-state index contributed by atoms with van der Waals surface area (Å²) in [5.74, 6) is -0.609. The number of nitrogens with one attached hydrogen (secondary N) is 1. The van der Waals surface area contributed by atoms with Crippen LogP contribution >= 0.6 is 11.6 Å². The van der Waals surface area contributed by atoms with Gasteiger partial charge in [-0.05, 0) is 55.8 Å². The lowest BCUT2D eigenvalue weighted by atomic mass is 10.2. The van der Waals surface area contributed by atoms with E-state index in [1.165, 1.54) is 18.3 Å². The molecule has 0 radical (unpaired) electrons. The largest absolute Gasteiger partial charge is 0.271 e. The van der Waals surface area contributed by atoms with Gasteiger partial charge >= 0.3 is 0 Å². The molecule has 1 aromatic heterocycles. The average molecular weight is 457 g/mol. The normalized spacial score (nSPS) is 11.5. The summed E-state index contributed by atoms with van der Waals surface area (Å²) in [6.45, 7) is 3.09. The topological polar surface area (TPSA) is 91.7 Å². The number of amides is 1. The Labute approximate surface area is 186 Å². The van der Waals surface area contributed by atoms with Crippen LogP contribution in [-0.4, -0.2) is 32.1 Å². The summed E-state index contributed by atoms with van der Waals surface area (Å²) in [6.07, 6.45) is 2.97. The molecular weight excluding hydrogens is 436 g/mol. The molecule has 0 aliphatic heterocycles. The third kappa shape index (κ3) is 5.48. The second-order valence-electron chi connectivity index (χ2n) is 6.76. The Morgan fingerprint density at radius 1 is 1.10 bits per heavy atom. The number of nitrogens with zero attached hydrogens (tertiary/aromatic N) is 3. The van der Waals surface area contributed by atoms with E-state index < -0.39 is 22.5 Å². The van der Waals surface area contributed by atoms with Gasteiger partial charge in [0.05, 0.1) is 22.5 Å². The van der Waals surface area contributed by atoms with E-state index >= 15 is 0 Å². The van der Waals surface area contributed by atoms with Crippen molar-refractivity contribution in [2.45, 2.75) is 18.7 Å². The van der Waals surface area contributed by atoms with Gasteiger partial charge in [0.25, 0.3) is 15.9 Å². The molecule has 7 nitrogen and oxygen atoms in total. The number of carbonyl (C=O) groups excluding carboxylic acids is 1. The van der Waals surface area contributed by atoms with E-state index in [-0.39, 0.29) is 4.90 Å². The number of hydrogen-bond acceptors (Lipinski definition) is 5. The molecule has 31 heavy (non-hydrogen) atoms. The van der Waals surface area contributed by atoms with E-state index in [0.29, 0.717) is 22.0 Å². The number of anilines is 1. The minimum Gasteiger partial charge on any atom is -0.271 e. The van der Waals surface area contributed by atoms with Crippen LogP contribution in [0.3, 0.4) is 0 Å². The minimum atomic E-state index is -4.03. The molecule has 0 saturated carbocycles. The van der Waals surface area contributed by atoms with Gasteiger partial charge in [-0.25, -0.2) is 13.8 Å². The predicted molar refractivity (Wildman–Crippen MR) is 122 cm³/mol. The molecule has 1 heterocycles. The number of hydrogen-bond donors (Lipinski definition) is 1. The zero-order valence-corrected chi connectivity index (χ0v) is 18.6. The molecule has 0 fully saturated rings. The first-order chi connectivity index (χ1) is 14.8. The van der Waals surface area contributed by atoms with E-state index in [4.69, 9.17) is 11.6 Å².